The predicted molar refractivity (Wildman–Crippen MR) is 70.2 cm³/mol. The lowest BCUT2D eigenvalue weighted by atomic mass is 9.75. The number of ether oxygens (including phenoxy) is 1. The van der Waals surface area contributed by atoms with E-state index < -0.39 is 0 Å². The van der Waals surface area contributed by atoms with Crippen LogP contribution in [0.3, 0.4) is 0 Å². The fourth-order valence-electron chi connectivity index (χ4n) is 3.50. The summed E-state index contributed by atoms with van der Waals surface area (Å²) in [4.78, 5) is 6.94. The summed E-state index contributed by atoms with van der Waals surface area (Å²) in [5.41, 5.74) is -0.0119. The van der Waals surface area contributed by atoms with Crippen molar-refractivity contribution in [3.05, 3.63) is 9.21 Å². The minimum Gasteiger partial charge on any atom is -0.454 e. The zero-order valence-corrected chi connectivity index (χ0v) is 12.5. The monoisotopic (exact) mass is 361 g/mol. The van der Waals surface area contributed by atoms with E-state index in [-0.39, 0.29) is 5.60 Å². The van der Waals surface area contributed by atoms with Crippen LogP contribution in [-0.2, 0) is 6.54 Å². The predicted octanol–water partition coefficient (Wildman–Crippen LogP) is 2.26. The third-order valence-corrected chi connectivity index (χ3v) is 6.26. The molecule has 3 fully saturated rings. The first-order chi connectivity index (χ1) is 8.18. The topological polar surface area (TPSA) is 30.3 Å². The fourth-order valence-corrected chi connectivity index (χ4v) is 4.23. The maximum absolute atomic E-state index is 6.22. The quantitative estimate of drug-likeness (QED) is 0.709. The molecule has 4 aliphatic heterocycles. The molecule has 0 aromatic carbocycles. The highest BCUT2D eigenvalue weighted by molar-refractivity contribution is 9.13. The number of imidazole rings is 1. The van der Waals surface area contributed by atoms with Gasteiger partial charge in [-0.25, -0.2) is 0 Å². The zero-order chi connectivity index (χ0) is 11.6. The van der Waals surface area contributed by atoms with E-state index >= 15 is 0 Å². The lowest BCUT2D eigenvalue weighted by Gasteiger charge is -2.50. The van der Waals surface area contributed by atoms with Gasteiger partial charge >= 0.3 is 0 Å². The molecule has 1 aromatic heterocycles. The van der Waals surface area contributed by atoms with Gasteiger partial charge in [-0.2, -0.15) is 4.98 Å². The van der Waals surface area contributed by atoms with Gasteiger partial charge in [-0.1, -0.05) is 0 Å². The molecule has 0 amide bonds. The van der Waals surface area contributed by atoms with Gasteiger partial charge in [-0.05, 0) is 57.8 Å². The summed E-state index contributed by atoms with van der Waals surface area (Å²) in [7, 11) is 0. The molecule has 0 N–H and O–H groups in total. The van der Waals surface area contributed by atoms with Gasteiger partial charge in [0.1, 0.15) is 14.8 Å². The van der Waals surface area contributed by atoms with Gasteiger partial charge in [-0.15, -0.1) is 0 Å². The first-order valence-electron chi connectivity index (χ1n) is 6.01. The molecule has 5 rings (SSSR count). The van der Waals surface area contributed by atoms with Gasteiger partial charge < -0.3 is 4.74 Å². The molecule has 0 saturated carbocycles. The average Bonchev–Trinajstić information content (AvgIpc) is 2.79. The van der Waals surface area contributed by atoms with E-state index in [1.165, 1.54) is 25.9 Å². The standard InChI is InChI=1S/C11H13Br2N3O/c12-8-9(13)16-6-11(17-10(16)14-8)5-15-3-1-7(11)2-4-15/h7H,1-6H2/t11-/m1/s1. The van der Waals surface area contributed by atoms with Crippen LogP contribution in [-0.4, -0.2) is 39.7 Å². The minimum atomic E-state index is -0.0119. The minimum absolute atomic E-state index is 0.0119. The van der Waals surface area contributed by atoms with Gasteiger partial charge in [0, 0.05) is 12.5 Å². The Bertz CT molecular complexity index is 481. The van der Waals surface area contributed by atoms with Crippen LogP contribution >= 0.6 is 31.9 Å². The fraction of sp³-hybridized carbons (Fsp3) is 0.727. The van der Waals surface area contributed by atoms with E-state index in [9.17, 15) is 0 Å². The lowest BCUT2D eigenvalue weighted by Crippen LogP contribution is -2.61. The molecule has 6 heteroatoms. The van der Waals surface area contributed by atoms with Gasteiger partial charge in [0.05, 0.1) is 6.54 Å². The van der Waals surface area contributed by atoms with Crippen molar-refractivity contribution in [3.63, 3.8) is 0 Å². The summed E-state index contributed by atoms with van der Waals surface area (Å²) in [6.45, 7) is 4.47. The second-order valence-electron chi connectivity index (χ2n) is 5.28. The molecule has 5 heterocycles. The smallest absolute Gasteiger partial charge is 0.299 e. The molecule has 0 aliphatic carbocycles. The summed E-state index contributed by atoms with van der Waals surface area (Å²) in [5.74, 6) is 0.694. The Morgan fingerprint density at radius 2 is 2.00 bits per heavy atom. The second kappa shape index (κ2) is 3.48. The van der Waals surface area contributed by atoms with Crippen LogP contribution in [0.25, 0.3) is 0 Å². The van der Waals surface area contributed by atoms with Crippen molar-refractivity contribution in [3.8, 4) is 6.01 Å². The van der Waals surface area contributed by atoms with Gasteiger partial charge in [0.15, 0.2) is 0 Å². The first kappa shape index (κ1) is 10.8. The number of rotatable bonds is 0. The van der Waals surface area contributed by atoms with Crippen molar-refractivity contribution >= 4 is 31.9 Å². The van der Waals surface area contributed by atoms with Crippen LogP contribution in [0.4, 0.5) is 0 Å². The number of halogens is 2. The van der Waals surface area contributed by atoms with Gasteiger partial charge in [0.2, 0.25) is 0 Å². The summed E-state index contributed by atoms with van der Waals surface area (Å²) in [6.07, 6.45) is 2.53. The molecular weight excluding hydrogens is 350 g/mol. The third-order valence-electron chi connectivity index (χ3n) is 4.38. The lowest BCUT2D eigenvalue weighted by molar-refractivity contribution is -0.0836. The van der Waals surface area contributed by atoms with Gasteiger partial charge in [-0.3, -0.25) is 9.47 Å². The maximum Gasteiger partial charge on any atom is 0.299 e. The Kier molecular flexibility index (Phi) is 2.22. The Hall–Kier alpha value is -0.0700. The number of nitrogens with zero attached hydrogens (tertiary/aromatic N) is 3. The molecule has 0 radical (unpaired) electrons. The van der Waals surface area contributed by atoms with Gasteiger partial charge in [0.25, 0.3) is 6.01 Å². The van der Waals surface area contributed by atoms with E-state index in [0.29, 0.717) is 5.92 Å². The summed E-state index contributed by atoms with van der Waals surface area (Å²) < 4.78 is 10.2. The van der Waals surface area contributed by atoms with Crippen molar-refractivity contribution in [2.24, 2.45) is 5.92 Å². The molecule has 1 spiro atoms. The molecule has 1 aromatic rings. The van der Waals surface area contributed by atoms with E-state index in [1.807, 2.05) is 0 Å². The number of hydrogen-bond acceptors (Lipinski definition) is 3. The number of hydrogen-bond donors (Lipinski definition) is 0. The van der Waals surface area contributed by atoms with Crippen molar-refractivity contribution in [1.82, 2.24) is 14.5 Å². The Morgan fingerprint density at radius 1 is 1.24 bits per heavy atom. The molecule has 2 bridgehead atoms. The van der Waals surface area contributed by atoms with E-state index in [4.69, 9.17) is 4.74 Å². The number of piperidine rings is 3. The van der Waals surface area contributed by atoms with Crippen molar-refractivity contribution < 1.29 is 4.74 Å². The van der Waals surface area contributed by atoms with Crippen molar-refractivity contribution in [2.45, 2.75) is 25.0 Å². The largest absolute Gasteiger partial charge is 0.454 e. The van der Waals surface area contributed by atoms with E-state index in [0.717, 1.165) is 28.3 Å². The summed E-state index contributed by atoms with van der Waals surface area (Å²) >= 11 is 6.99. The molecule has 4 aliphatic rings. The van der Waals surface area contributed by atoms with E-state index in [1.54, 1.807) is 0 Å². The SMILES string of the molecule is Brc1nc2n(c1Br)C[C@@]1(CN3CCC1CC3)O2. The Labute approximate surface area is 117 Å². The molecule has 0 unspecified atom stereocenters. The van der Waals surface area contributed by atoms with Crippen LogP contribution in [0.15, 0.2) is 9.21 Å². The maximum atomic E-state index is 6.22. The third kappa shape index (κ3) is 1.40. The molecule has 1 atom stereocenters. The normalized spacial score (nSPS) is 38.5. The Balaban J connectivity index is 1.71. The van der Waals surface area contributed by atoms with Crippen molar-refractivity contribution in [2.75, 3.05) is 19.6 Å². The van der Waals surface area contributed by atoms with Crippen LogP contribution in [0, 0.1) is 5.92 Å². The summed E-state index contributed by atoms with van der Waals surface area (Å²) in [6, 6.07) is 0.762. The molecule has 4 nitrogen and oxygen atoms in total. The average molecular weight is 363 g/mol. The number of fused-ring (bicyclic) bond motifs is 3. The number of aromatic nitrogens is 2. The highest BCUT2D eigenvalue weighted by Crippen LogP contribution is 2.45. The zero-order valence-electron chi connectivity index (χ0n) is 9.33. The van der Waals surface area contributed by atoms with Crippen LogP contribution in [0.2, 0.25) is 0 Å². The molecule has 3 saturated heterocycles. The first-order valence-corrected chi connectivity index (χ1v) is 7.59. The van der Waals surface area contributed by atoms with E-state index in [2.05, 4.69) is 46.3 Å². The van der Waals surface area contributed by atoms with Crippen molar-refractivity contribution in [1.29, 1.82) is 0 Å². The Morgan fingerprint density at radius 3 is 2.59 bits per heavy atom. The molecular formula is C11H13Br2N3O. The van der Waals surface area contributed by atoms with Crippen LogP contribution in [0.5, 0.6) is 6.01 Å². The highest BCUT2D eigenvalue weighted by Gasteiger charge is 2.53. The highest BCUT2D eigenvalue weighted by atomic mass is 79.9. The van der Waals surface area contributed by atoms with Crippen LogP contribution < -0.4 is 4.74 Å². The van der Waals surface area contributed by atoms with Crippen LogP contribution in [0.1, 0.15) is 12.8 Å². The second-order valence-corrected chi connectivity index (χ2v) is 6.78. The summed E-state index contributed by atoms with van der Waals surface area (Å²) in [5, 5.41) is 0. The molecule has 17 heavy (non-hydrogen) atoms. The molecule has 92 valence electrons.